The van der Waals surface area contributed by atoms with Gasteiger partial charge in [-0.15, -0.1) is 0 Å². The van der Waals surface area contributed by atoms with Crippen LogP contribution in [0.15, 0.2) is 24.3 Å². The lowest BCUT2D eigenvalue weighted by Gasteiger charge is -2.32. The Labute approximate surface area is 136 Å². The fourth-order valence-corrected chi connectivity index (χ4v) is 2.70. The Kier molecular flexibility index (Phi) is 5.98. The van der Waals surface area contributed by atoms with E-state index < -0.39 is 0 Å². The molecule has 6 nitrogen and oxygen atoms in total. The van der Waals surface area contributed by atoms with Gasteiger partial charge < -0.3 is 15.0 Å². The Morgan fingerprint density at radius 2 is 2.13 bits per heavy atom. The van der Waals surface area contributed by atoms with Gasteiger partial charge in [0.1, 0.15) is 12.2 Å². The summed E-state index contributed by atoms with van der Waals surface area (Å²) in [5.41, 5.74) is 0.906. The van der Waals surface area contributed by atoms with Gasteiger partial charge in [-0.2, -0.15) is 5.26 Å². The topological polar surface area (TPSA) is 82.4 Å². The van der Waals surface area contributed by atoms with Crippen LogP contribution in [-0.4, -0.2) is 43.0 Å². The van der Waals surface area contributed by atoms with E-state index in [2.05, 4.69) is 5.32 Å². The van der Waals surface area contributed by atoms with Gasteiger partial charge in [-0.05, 0) is 30.5 Å². The summed E-state index contributed by atoms with van der Waals surface area (Å²) in [5.74, 6) is 0.577. The lowest BCUT2D eigenvalue weighted by molar-refractivity contribution is -0.131. The molecule has 0 radical (unpaired) electrons. The third kappa shape index (κ3) is 4.99. The van der Waals surface area contributed by atoms with Crippen molar-refractivity contribution in [2.45, 2.75) is 31.7 Å². The van der Waals surface area contributed by atoms with Crippen LogP contribution < -0.4 is 10.1 Å². The maximum absolute atomic E-state index is 12.1. The van der Waals surface area contributed by atoms with E-state index in [0.29, 0.717) is 19.5 Å². The standard InChI is InChI=1S/C17H21N3O3/c1-23-15-4-2-3-13(11-15)12-16(21)19-14-6-9-20(10-7-14)17(22)5-8-18/h2-4,11,14H,5-7,9-10,12H2,1H3,(H,19,21). The van der Waals surface area contributed by atoms with Gasteiger partial charge in [0.25, 0.3) is 0 Å². The van der Waals surface area contributed by atoms with E-state index in [0.717, 1.165) is 24.2 Å². The minimum atomic E-state index is -0.131. The largest absolute Gasteiger partial charge is 0.497 e. The quantitative estimate of drug-likeness (QED) is 0.887. The highest BCUT2D eigenvalue weighted by molar-refractivity contribution is 5.79. The second kappa shape index (κ2) is 8.18. The number of amides is 2. The molecule has 1 fully saturated rings. The number of rotatable bonds is 5. The number of hydrogen-bond donors (Lipinski definition) is 1. The van der Waals surface area contributed by atoms with E-state index in [4.69, 9.17) is 10.00 Å². The molecule has 1 aliphatic rings. The molecule has 0 aromatic heterocycles. The van der Waals surface area contributed by atoms with E-state index in [1.807, 2.05) is 30.3 Å². The van der Waals surface area contributed by atoms with Crippen LogP contribution in [0.4, 0.5) is 0 Å². The Hall–Kier alpha value is -2.55. The van der Waals surface area contributed by atoms with Crippen LogP contribution in [0, 0.1) is 11.3 Å². The summed E-state index contributed by atoms with van der Waals surface area (Å²) in [6.07, 6.45) is 1.68. The van der Waals surface area contributed by atoms with Gasteiger partial charge >= 0.3 is 0 Å². The summed E-state index contributed by atoms with van der Waals surface area (Å²) in [5, 5.41) is 11.6. The number of nitrogens with zero attached hydrogens (tertiary/aromatic N) is 2. The molecule has 6 heteroatoms. The Morgan fingerprint density at radius 3 is 2.78 bits per heavy atom. The minimum absolute atomic E-state index is 0.0277. The summed E-state index contributed by atoms with van der Waals surface area (Å²) in [6.45, 7) is 1.18. The van der Waals surface area contributed by atoms with Crippen LogP contribution in [0.1, 0.15) is 24.8 Å². The van der Waals surface area contributed by atoms with Crippen LogP contribution in [0.2, 0.25) is 0 Å². The molecule has 1 heterocycles. The molecule has 122 valence electrons. The first kappa shape index (κ1) is 16.8. The van der Waals surface area contributed by atoms with Crippen molar-refractivity contribution in [2.75, 3.05) is 20.2 Å². The van der Waals surface area contributed by atoms with Crippen LogP contribution >= 0.6 is 0 Å². The first-order valence-electron chi connectivity index (χ1n) is 7.69. The number of benzene rings is 1. The van der Waals surface area contributed by atoms with Crippen LogP contribution in [0.5, 0.6) is 5.75 Å². The van der Waals surface area contributed by atoms with Crippen LogP contribution in [-0.2, 0) is 16.0 Å². The predicted octanol–water partition coefficient (Wildman–Crippen LogP) is 1.26. The van der Waals surface area contributed by atoms with Gasteiger partial charge in [0.2, 0.25) is 11.8 Å². The molecule has 1 N–H and O–H groups in total. The summed E-state index contributed by atoms with van der Waals surface area (Å²) in [7, 11) is 1.60. The van der Waals surface area contributed by atoms with E-state index in [1.165, 1.54) is 0 Å². The number of nitriles is 1. The smallest absolute Gasteiger partial charge is 0.236 e. The maximum atomic E-state index is 12.1. The Bertz CT molecular complexity index is 601. The summed E-state index contributed by atoms with van der Waals surface area (Å²) in [4.78, 5) is 25.4. The second-order valence-corrected chi connectivity index (χ2v) is 5.59. The average Bonchev–Trinajstić information content (AvgIpc) is 2.55. The fraction of sp³-hybridized carbons (Fsp3) is 0.471. The average molecular weight is 315 g/mol. The van der Waals surface area contributed by atoms with Gasteiger partial charge in [-0.25, -0.2) is 0 Å². The van der Waals surface area contributed by atoms with E-state index in [-0.39, 0.29) is 24.3 Å². The number of carbonyl (C=O) groups excluding carboxylic acids is 2. The summed E-state index contributed by atoms with van der Waals surface area (Å²) < 4.78 is 5.15. The van der Waals surface area contributed by atoms with Gasteiger partial charge in [0.05, 0.1) is 19.6 Å². The monoisotopic (exact) mass is 315 g/mol. The van der Waals surface area contributed by atoms with Crippen molar-refractivity contribution in [3.8, 4) is 11.8 Å². The lowest BCUT2D eigenvalue weighted by Crippen LogP contribution is -2.46. The zero-order valence-corrected chi connectivity index (χ0v) is 13.2. The highest BCUT2D eigenvalue weighted by Crippen LogP contribution is 2.14. The first-order valence-corrected chi connectivity index (χ1v) is 7.69. The molecule has 1 aromatic carbocycles. The highest BCUT2D eigenvalue weighted by Gasteiger charge is 2.23. The SMILES string of the molecule is COc1cccc(CC(=O)NC2CCN(C(=O)CC#N)CC2)c1. The fourth-order valence-electron chi connectivity index (χ4n) is 2.70. The second-order valence-electron chi connectivity index (χ2n) is 5.59. The molecular formula is C17H21N3O3. The Morgan fingerprint density at radius 1 is 1.39 bits per heavy atom. The zero-order chi connectivity index (χ0) is 16.7. The van der Waals surface area contributed by atoms with Gasteiger partial charge in [-0.1, -0.05) is 12.1 Å². The van der Waals surface area contributed by atoms with Crippen molar-refractivity contribution in [1.82, 2.24) is 10.2 Å². The normalized spacial score (nSPS) is 14.9. The molecule has 2 amide bonds. The number of methoxy groups -OCH3 is 1. The summed E-state index contributed by atoms with van der Waals surface area (Å²) >= 11 is 0. The van der Waals surface area contributed by atoms with Crippen molar-refractivity contribution in [1.29, 1.82) is 5.26 Å². The predicted molar refractivity (Wildman–Crippen MR) is 84.7 cm³/mol. The van der Waals surface area contributed by atoms with Crippen molar-refractivity contribution >= 4 is 11.8 Å². The number of ether oxygens (including phenoxy) is 1. The molecule has 2 rings (SSSR count). The maximum Gasteiger partial charge on any atom is 0.236 e. The third-order valence-corrected chi connectivity index (χ3v) is 3.94. The van der Waals surface area contributed by atoms with Gasteiger partial charge in [0, 0.05) is 19.1 Å². The molecule has 1 aliphatic heterocycles. The van der Waals surface area contributed by atoms with Crippen molar-refractivity contribution < 1.29 is 14.3 Å². The van der Waals surface area contributed by atoms with Gasteiger partial charge in [-0.3, -0.25) is 9.59 Å². The highest BCUT2D eigenvalue weighted by atomic mass is 16.5. The number of likely N-dealkylation sites (tertiary alicyclic amines) is 1. The van der Waals surface area contributed by atoms with Gasteiger partial charge in [0.15, 0.2) is 0 Å². The van der Waals surface area contributed by atoms with E-state index >= 15 is 0 Å². The van der Waals surface area contributed by atoms with Crippen molar-refractivity contribution in [3.63, 3.8) is 0 Å². The molecule has 0 bridgehead atoms. The van der Waals surface area contributed by atoms with Crippen LogP contribution in [0.3, 0.4) is 0 Å². The summed E-state index contributed by atoms with van der Waals surface area (Å²) in [6, 6.07) is 9.40. The van der Waals surface area contributed by atoms with Crippen molar-refractivity contribution in [2.24, 2.45) is 0 Å². The molecule has 0 aliphatic carbocycles. The molecule has 0 atom stereocenters. The third-order valence-electron chi connectivity index (χ3n) is 3.94. The number of hydrogen-bond acceptors (Lipinski definition) is 4. The molecular weight excluding hydrogens is 294 g/mol. The first-order chi connectivity index (χ1) is 11.1. The number of nitrogens with one attached hydrogen (secondary N) is 1. The van der Waals surface area contributed by atoms with E-state index in [1.54, 1.807) is 12.0 Å². The van der Waals surface area contributed by atoms with Crippen LogP contribution in [0.25, 0.3) is 0 Å². The molecule has 1 aromatic rings. The lowest BCUT2D eigenvalue weighted by atomic mass is 10.0. The number of piperidine rings is 1. The van der Waals surface area contributed by atoms with E-state index in [9.17, 15) is 9.59 Å². The Balaban J connectivity index is 1.78. The molecule has 0 saturated carbocycles. The zero-order valence-electron chi connectivity index (χ0n) is 13.2. The number of carbonyl (C=O) groups is 2. The molecule has 0 unspecified atom stereocenters. The minimum Gasteiger partial charge on any atom is -0.497 e. The van der Waals surface area contributed by atoms with Crippen molar-refractivity contribution in [3.05, 3.63) is 29.8 Å². The molecule has 23 heavy (non-hydrogen) atoms. The molecule has 1 saturated heterocycles. The molecule has 0 spiro atoms.